The third kappa shape index (κ3) is 13.8. The van der Waals surface area contributed by atoms with Gasteiger partial charge in [0, 0.05) is 0 Å². The number of rotatable bonds is 7. The molecule has 0 aliphatic carbocycles. The van der Waals surface area contributed by atoms with E-state index in [2.05, 4.69) is 39.3 Å². The van der Waals surface area contributed by atoms with Crippen LogP contribution in [-0.2, 0) is 8.85 Å². The van der Waals surface area contributed by atoms with Crippen molar-refractivity contribution in [2.45, 2.75) is 39.3 Å². The molecule has 0 amide bonds. The monoisotopic (exact) mass is 258 g/mol. The first kappa shape index (κ1) is 15.8. The van der Waals surface area contributed by atoms with Crippen molar-refractivity contribution in [2.75, 3.05) is 13.2 Å². The molecule has 0 aliphatic heterocycles. The van der Waals surface area contributed by atoms with Crippen LogP contribution in [-0.4, -0.2) is 29.8 Å². The molecule has 0 aromatic rings. The maximum Gasteiger partial charge on any atom is 0.184 e. The molecule has 0 N–H and O–H groups in total. The Kier molecular flexibility index (Phi) is 7.14. The van der Waals surface area contributed by atoms with Crippen LogP contribution < -0.4 is 0 Å². The average Bonchev–Trinajstić information content (AvgIpc) is 2.06. The van der Waals surface area contributed by atoms with Gasteiger partial charge in [-0.25, -0.2) is 0 Å². The first-order valence-corrected chi connectivity index (χ1v) is 12.6. The average molecular weight is 259 g/mol. The lowest BCUT2D eigenvalue weighted by Crippen LogP contribution is -2.25. The molecule has 94 valence electrons. The highest BCUT2D eigenvalue weighted by molar-refractivity contribution is 6.70. The Hall–Kier alpha value is -0.166. The molecule has 0 saturated carbocycles. The fraction of sp³-hybridized carbons (Fsp3) is 0.667. The number of hydrogen-bond donors (Lipinski definition) is 0. The molecule has 0 atom stereocenters. The van der Waals surface area contributed by atoms with Crippen LogP contribution in [0.5, 0.6) is 0 Å². The zero-order chi connectivity index (χ0) is 12.7. The van der Waals surface area contributed by atoms with Crippen molar-refractivity contribution in [3.8, 4) is 0 Å². The predicted octanol–water partition coefficient (Wildman–Crippen LogP) is 3.80. The lowest BCUT2D eigenvalue weighted by Gasteiger charge is -2.15. The fourth-order valence-electron chi connectivity index (χ4n) is 0.864. The highest BCUT2D eigenvalue weighted by atomic mass is 28.4. The highest BCUT2D eigenvalue weighted by Gasteiger charge is 2.12. The molecule has 0 bridgehead atoms. The van der Waals surface area contributed by atoms with E-state index in [4.69, 9.17) is 8.85 Å². The third-order valence-electron chi connectivity index (χ3n) is 1.61. The fourth-order valence-corrected chi connectivity index (χ4v) is 2.06. The quantitative estimate of drug-likeness (QED) is 0.511. The summed E-state index contributed by atoms with van der Waals surface area (Å²) in [6, 6.07) is 0. The predicted molar refractivity (Wildman–Crippen MR) is 76.9 cm³/mol. The van der Waals surface area contributed by atoms with E-state index >= 15 is 0 Å². The topological polar surface area (TPSA) is 18.5 Å². The molecule has 2 nitrogen and oxygen atoms in total. The second-order valence-electron chi connectivity index (χ2n) is 5.70. The van der Waals surface area contributed by atoms with Crippen LogP contribution in [0.2, 0.25) is 39.3 Å². The van der Waals surface area contributed by atoms with E-state index in [0.717, 1.165) is 13.2 Å². The van der Waals surface area contributed by atoms with Gasteiger partial charge in [0.2, 0.25) is 0 Å². The van der Waals surface area contributed by atoms with Gasteiger partial charge in [0.15, 0.2) is 16.6 Å². The molecule has 4 heteroatoms. The molecule has 0 aromatic carbocycles. The Morgan fingerprint density at radius 2 is 1.00 bits per heavy atom. The molecule has 0 aromatic heterocycles. The van der Waals surface area contributed by atoms with Crippen LogP contribution in [0, 0.1) is 0 Å². The summed E-state index contributed by atoms with van der Waals surface area (Å²) in [6.45, 7) is 14.6. The Morgan fingerprint density at radius 1 is 0.688 bits per heavy atom. The Bertz CT molecular complexity index is 208. The van der Waals surface area contributed by atoms with Crippen molar-refractivity contribution in [3.63, 3.8) is 0 Å². The van der Waals surface area contributed by atoms with Crippen molar-refractivity contribution in [3.05, 3.63) is 24.3 Å². The molecular formula is C12H26O2Si2. The van der Waals surface area contributed by atoms with E-state index in [1.807, 2.05) is 24.3 Å². The number of allylic oxidation sites excluding steroid dienone is 2. The zero-order valence-corrected chi connectivity index (χ0v) is 13.5. The summed E-state index contributed by atoms with van der Waals surface area (Å²) in [6.07, 6.45) is 8.13. The van der Waals surface area contributed by atoms with E-state index in [0.29, 0.717) is 0 Å². The van der Waals surface area contributed by atoms with Gasteiger partial charge in [0.05, 0.1) is 13.2 Å². The Morgan fingerprint density at radius 3 is 1.25 bits per heavy atom. The number of hydrogen-bond acceptors (Lipinski definition) is 2. The van der Waals surface area contributed by atoms with Crippen LogP contribution >= 0.6 is 0 Å². The highest BCUT2D eigenvalue weighted by Crippen LogP contribution is 2.02. The maximum absolute atomic E-state index is 5.68. The molecule has 0 saturated heterocycles. The van der Waals surface area contributed by atoms with Crippen molar-refractivity contribution in [1.29, 1.82) is 0 Å². The molecule has 0 radical (unpaired) electrons. The second-order valence-corrected chi connectivity index (χ2v) is 14.7. The van der Waals surface area contributed by atoms with Gasteiger partial charge < -0.3 is 8.85 Å². The van der Waals surface area contributed by atoms with E-state index in [1.165, 1.54) is 0 Å². The van der Waals surface area contributed by atoms with Crippen LogP contribution in [0.1, 0.15) is 0 Å². The maximum atomic E-state index is 5.68. The lowest BCUT2D eigenvalue weighted by atomic mass is 10.4. The van der Waals surface area contributed by atoms with Gasteiger partial charge in [-0.3, -0.25) is 0 Å². The lowest BCUT2D eigenvalue weighted by molar-refractivity contribution is 0.356. The van der Waals surface area contributed by atoms with Gasteiger partial charge in [-0.2, -0.15) is 0 Å². The minimum atomic E-state index is -1.35. The normalized spacial score (nSPS) is 14.1. The van der Waals surface area contributed by atoms with Crippen molar-refractivity contribution < 1.29 is 8.85 Å². The van der Waals surface area contributed by atoms with Gasteiger partial charge in [0.1, 0.15) is 0 Å². The van der Waals surface area contributed by atoms with Gasteiger partial charge in [-0.1, -0.05) is 24.3 Å². The van der Waals surface area contributed by atoms with Crippen molar-refractivity contribution in [2.24, 2.45) is 0 Å². The minimum Gasteiger partial charge on any atom is -0.414 e. The molecule has 0 fully saturated rings. The summed E-state index contributed by atoms with van der Waals surface area (Å²) in [5.74, 6) is 0. The van der Waals surface area contributed by atoms with Gasteiger partial charge >= 0.3 is 0 Å². The molecule has 0 spiro atoms. The summed E-state index contributed by atoms with van der Waals surface area (Å²) in [7, 11) is -2.70. The van der Waals surface area contributed by atoms with Crippen molar-refractivity contribution in [1.82, 2.24) is 0 Å². The van der Waals surface area contributed by atoms with Crippen molar-refractivity contribution >= 4 is 16.6 Å². The zero-order valence-electron chi connectivity index (χ0n) is 11.5. The molecule has 16 heavy (non-hydrogen) atoms. The SMILES string of the molecule is C[Si](C)(C)OCC=CC=CCO[Si](C)(C)C. The standard InChI is InChI=1S/C12H26O2Si2/c1-15(2,3)13-11-9-7-8-10-12-14-16(4,5)6/h7-10H,11-12H2,1-6H3. The van der Waals surface area contributed by atoms with Gasteiger partial charge in [0.25, 0.3) is 0 Å². The molecule has 0 unspecified atom stereocenters. The van der Waals surface area contributed by atoms with Crippen LogP contribution in [0.4, 0.5) is 0 Å². The van der Waals surface area contributed by atoms with Crippen LogP contribution in [0.3, 0.4) is 0 Å². The molecular weight excluding hydrogens is 232 g/mol. The summed E-state index contributed by atoms with van der Waals surface area (Å²) in [4.78, 5) is 0. The summed E-state index contributed by atoms with van der Waals surface area (Å²) >= 11 is 0. The molecule has 0 rings (SSSR count). The third-order valence-corrected chi connectivity index (χ3v) is 3.67. The molecule has 0 aliphatic rings. The smallest absolute Gasteiger partial charge is 0.184 e. The van der Waals surface area contributed by atoms with E-state index < -0.39 is 16.6 Å². The largest absolute Gasteiger partial charge is 0.414 e. The Balaban J connectivity index is 3.57. The Labute approximate surface area is 103 Å². The first-order valence-electron chi connectivity index (χ1n) is 5.80. The van der Waals surface area contributed by atoms with Gasteiger partial charge in [-0.15, -0.1) is 0 Å². The summed E-state index contributed by atoms with van der Waals surface area (Å²) < 4.78 is 11.4. The second kappa shape index (κ2) is 7.22. The van der Waals surface area contributed by atoms with Crippen LogP contribution in [0.15, 0.2) is 24.3 Å². The summed E-state index contributed by atoms with van der Waals surface area (Å²) in [5, 5.41) is 0. The molecule has 0 heterocycles. The van der Waals surface area contributed by atoms with E-state index in [9.17, 15) is 0 Å². The van der Waals surface area contributed by atoms with Crippen LogP contribution in [0.25, 0.3) is 0 Å². The van der Waals surface area contributed by atoms with E-state index in [-0.39, 0.29) is 0 Å². The van der Waals surface area contributed by atoms with E-state index in [1.54, 1.807) is 0 Å². The minimum absolute atomic E-state index is 0.717. The summed E-state index contributed by atoms with van der Waals surface area (Å²) in [5.41, 5.74) is 0. The first-order chi connectivity index (χ1) is 7.21. The van der Waals surface area contributed by atoms with Gasteiger partial charge in [-0.05, 0) is 39.3 Å².